The van der Waals surface area contributed by atoms with Crippen molar-refractivity contribution in [1.29, 1.82) is 0 Å². The number of amides is 1. The second-order valence-corrected chi connectivity index (χ2v) is 7.40. The number of ketones is 1. The van der Waals surface area contributed by atoms with Crippen molar-refractivity contribution < 1.29 is 19.1 Å². The van der Waals surface area contributed by atoms with Crippen molar-refractivity contribution in [2.45, 2.75) is 40.0 Å². The summed E-state index contributed by atoms with van der Waals surface area (Å²) < 4.78 is 5.11. The van der Waals surface area contributed by atoms with Crippen LogP contribution in [0.3, 0.4) is 0 Å². The van der Waals surface area contributed by atoms with Gasteiger partial charge < -0.3 is 19.9 Å². The van der Waals surface area contributed by atoms with Crippen LogP contribution in [0.1, 0.15) is 58.3 Å². The Bertz CT molecular complexity index is 909. The van der Waals surface area contributed by atoms with Crippen LogP contribution >= 0.6 is 0 Å². The van der Waals surface area contributed by atoms with Crippen LogP contribution < -0.4 is 10.2 Å². The van der Waals surface area contributed by atoms with E-state index in [2.05, 4.69) is 15.2 Å². The number of aryl methyl sites for hydroxylation is 1. The maximum Gasteiger partial charge on any atom is 0.355 e. The maximum absolute atomic E-state index is 12.3. The summed E-state index contributed by atoms with van der Waals surface area (Å²) in [4.78, 5) is 41.3. The zero-order chi connectivity index (χ0) is 21.0. The van der Waals surface area contributed by atoms with Gasteiger partial charge in [-0.3, -0.25) is 9.59 Å². The van der Waals surface area contributed by atoms with Gasteiger partial charge in [-0.05, 0) is 69.9 Å². The molecule has 0 aliphatic carbocycles. The largest absolute Gasteiger partial charge is 0.451 e. The Hall–Kier alpha value is -3.09. The lowest BCUT2D eigenvalue weighted by Crippen LogP contribution is -2.29. The maximum atomic E-state index is 12.3. The molecule has 2 N–H and O–H groups in total. The number of anilines is 2. The molecule has 1 aromatic carbocycles. The summed E-state index contributed by atoms with van der Waals surface area (Å²) in [6.45, 7) is 6.57. The van der Waals surface area contributed by atoms with Gasteiger partial charge in [-0.2, -0.15) is 0 Å². The van der Waals surface area contributed by atoms with Gasteiger partial charge in [-0.15, -0.1) is 0 Å². The van der Waals surface area contributed by atoms with Gasteiger partial charge in [0.15, 0.2) is 12.4 Å². The molecule has 29 heavy (non-hydrogen) atoms. The molecule has 0 saturated carbocycles. The van der Waals surface area contributed by atoms with Crippen molar-refractivity contribution in [2.24, 2.45) is 0 Å². The molecule has 0 unspecified atom stereocenters. The van der Waals surface area contributed by atoms with Gasteiger partial charge in [0.25, 0.3) is 5.91 Å². The zero-order valence-electron chi connectivity index (χ0n) is 17.1. The Morgan fingerprint density at radius 1 is 1.07 bits per heavy atom. The Morgan fingerprint density at radius 2 is 1.72 bits per heavy atom. The molecular weight excluding hydrogens is 370 g/mol. The monoisotopic (exact) mass is 397 g/mol. The van der Waals surface area contributed by atoms with E-state index >= 15 is 0 Å². The Morgan fingerprint density at radius 3 is 2.31 bits per heavy atom. The first-order chi connectivity index (χ1) is 13.9. The van der Waals surface area contributed by atoms with Crippen LogP contribution in [0.2, 0.25) is 0 Å². The van der Waals surface area contributed by atoms with Gasteiger partial charge in [0, 0.05) is 35.7 Å². The fourth-order valence-corrected chi connectivity index (χ4v) is 3.79. The van der Waals surface area contributed by atoms with Gasteiger partial charge in [0.05, 0.1) is 0 Å². The lowest BCUT2D eigenvalue weighted by Gasteiger charge is -2.28. The highest BCUT2D eigenvalue weighted by molar-refractivity contribution is 6.01. The van der Waals surface area contributed by atoms with E-state index in [0.717, 1.165) is 18.8 Å². The molecule has 7 heteroatoms. The smallest absolute Gasteiger partial charge is 0.355 e. The molecule has 1 aliphatic rings. The highest BCUT2D eigenvalue weighted by atomic mass is 16.5. The highest BCUT2D eigenvalue weighted by Gasteiger charge is 2.21. The normalized spacial score (nSPS) is 13.8. The van der Waals surface area contributed by atoms with E-state index in [1.54, 1.807) is 13.8 Å². The van der Waals surface area contributed by atoms with Gasteiger partial charge >= 0.3 is 5.97 Å². The molecule has 3 rings (SSSR count). The van der Waals surface area contributed by atoms with E-state index in [9.17, 15) is 14.4 Å². The second-order valence-electron chi connectivity index (χ2n) is 7.40. The van der Waals surface area contributed by atoms with Crippen molar-refractivity contribution in [3.63, 3.8) is 0 Å². The number of esters is 1. The van der Waals surface area contributed by atoms with Gasteiger partial charge in [-0.1, -0.05) is 0 Å². The summed E-state index contributed by atoms with van der Waals surface area (Å²) in [5, 5.41) is 2.73. The van der Waals surface area contributed by atoms with Crippen molar-refractivity contribution in [3.8, 4) is 0 Å². The number of rotatable bonds is 6. The second kappa shape index (κ2) is 8.94. The summed E-state index contributed by atoms with van der Waals surface area (Å²) in [6, 6.07) is 7.67. The van der Waals surface area contributed by atoms with Gasteiger partial charge in [0.1, 0.15) is 5.69 Å². The molecule has 0 atom stereocenters. The number of piperidine rings is 1. The molecule has 0 spiro atoms. The first-order valence-electron chi connectivity index (χ1n) is 9.89. The Labute approximate surface area is 170 Å². The van der Waals surface area contributed by atoms with Crippen LogP contribution in [-0.2, 0) is 9.53 Å². The van der Waals surface area contributed by atoms with Crippen LogP contribution in [-0.4, -0.2) is 42.3 Å². The number of Topliss-reactive ketones (excluding diaryl/α,β-unsaturated/α-hetero) is 1. The molecule has 1 saturated heterocycles. The number of nitrogens with one attached hydrogen (secondary N) is 2. The molecule has 7 nitrogen and oxygen atoms in total. The molecule has 0 bridgehead atoms. The SMILES string of the molecule is CC(=O)c1c(C)[nH]c(C(=O)OCC(=O)Nc2ccc(N3CCCCC3)cc2)c1C. The summed E-state index contributed by atoms with van der Waals surface area (Å²) in [5.74, 6) is -1.20. The summed E-state index contributed by atoms with van der Waals surface area (Å²) in [6.07, 6.45) is 3.69. The number of aromatic nitrogens is 1. The van der Waals surface area contributed by atoms with E-state index < -0.39 is 18.5 Å². The molecule has 0 radical (unpaired) electrons. The van der Waals surface area contributed by atoms with Crippen molar-refractivity contribution in [3.05, 3.63) is 46.8 Å². The topological polar surface area (TPSA) is 91.5 Å². The van der Waals surface area contributed by atoms with Crippen molar-refractivity contribution >= 4 is 29.0 Å². The van der Waals surface area contributed by atoms with E-state index in [0.29, 0.717) is 22.5 Å². The van der Waals surface area contributed by atoms with E-state index in [1.807, 2.05) is 24.3 Å². The minimum absolute atomic E-state index is 0.124. The molecule has 1 aliphatic heterocycles. The van der Waals surface area contributed by atoms with Crippen LogP contribution in [0.5, 0.6) is 0 Å². The average Bonchev–Trinajstić information content (AvgIpc) is 3.01. The minimum Gasteiger partial charge on any atom is -0.451 e. The first kappa shape index (κ1) is 20.6. The molecule has 1 fully saturated rings. The summed E-state index contributed by atoms with van der Waals surface area (Å²) >= 11 is 0. The number of nitrogens with zero attached hydrogens (tertiary/aromatic N) is 1. The van der Waals surface area contributed by atoms with Crippen LogP contribution in [0.25, 0.3) is 0 Å². The summed E-state index contributed by atoms with van der Waals surface area (Å²) in [7, 11) is 0. The van der Waals surface area contributed by atoms with Crippen molar-refractivity contribution in [2.75, 3.05) is 29.9 Å². The molecule has 2 aromatic rings. The zero-order valence-corrected chi connectivity index (χ0v) is 17.1. The number of H-pyrrole nitrogens is 1. The molecular formula is C22H27N3O4. The fourth-order valence-electron chi connectivity index (χ4n) is 3.79. The number of hydrogen-bond donors (Lipinski definition) is 2. The Kier molecular flexibility index (Phi) is 6.36. The van der Waals surface area contributed by atoms with Crippen molar-refractivity contribution in [1.82, 2.24) is 4.98 Å². The number of hydrogen-bond acceptors (Lipinski definition) is 5. The third-order valence-corrected chi connectivity index (χ3v) is 5.20. The van der Waals surface area contributed by atoms with E-state index in [1.165, 1.54) is 26.2 Å². The van der Waals surface area contributed by atoms with Crippen LogP contribution in [0.15, 0.2) is 24.3 Å². The molecule has 2 heterocycles. The highest BCUT2D eigenvalue weighted by Crippen LogP contribution is 2.22. The van der Waals surface area contributed by atoms with Crippen LogP contribution in [0.4, 0.5) is 11.4 Å². The number of carbonyl (C=O) groups excluding carboxylic acids is 3. The predicted molar refractivity (Wildman–Crippen MR) is 112 cm³/mol. The standard InChI is InChI=1S/C22H27N3O4/c1-14-20(16(3)26)15(2)23-21(14)22(28)29-13-19(27)24-17-7-9-18(10-8-17)25-11-5-4-6-12-25/h7-10,23H,4-6,11-13H2,1-3H3,(H,24,27). The third kappa shape index (κ3) is 4.85. The average molecular weight is 397 g/mol. The van der Waals surface area contributed by atoms with E-state index in [-0.39, 0.29) is 11.5 Å². The van der Waals surface area contributed by atoms with Crippen LogP contribution in [0, 0.1) is 13.8 Å². The summed E-state index contributed by atoms with van der Waals surface area (Å²) in [5.41, 5.74) is 3.63. The van der Waals surface area contributed by atoms with Gasteiger partial charge in [-0.25, -0.2) is 4.79 Å². The predicted octanol–water partition coefficient (Wildman–Crippen LogP) is 3.62. The first-order valence-corrected chi connectivity index (χ1v) is 9.89. The quantitative estimate of drug-likeness (QED) is 0.574. The number of aromatic amines is 1. The lowest BCUT2D eigenvalue weighted by molar-refractivity contribution is -0.119. The third-order valence-electron chi connectivity index (χ3n) is 5.20. The number of carbonyl (C=O) groups is 3. The fraction of sp³-hybridized carbons (Fsp3) is 0.409. The number of benzene rings is 1. The molecule has 154 valence electrons. The van der Waals surface area contributed by atoms with Gasteiger partial charge in [0.2, 0.25) is 0 Å². The number of ether oxygens (including phenoxy) is 1. The lowest BCUT2D eigenvalue weighted by atomic mass is 10.1. The molecule has 1 amide bonds. The van der Waals surface area contributed by atoms with E-state index in [4.69, 9.17) is 4.74 Å². The Balaban J connectivity index is 1.54. The minimum atomic E-state index is -0.659. The molecule has 1 aromatic heterocycles.